The number of amidine groups is 1. The van der Waals surface area contributed by atoms with Gasteiger partial charge in [-0.25, -0.2) is 4.99 Å². The van der Waals surface area contributed by atoms with Gasteiger partial charge in [-0.05, 0) is 62.7 Å². The van der Waals surface area contributed by atoms with E-state index < -0.39 is 0 Å². The number of amides is 1. The van der Waals surface area contributed by atoms with Crippen LogP contribution in [0.1, 0.15) is 57.8 Å². The van der Waals surface area contributed by atoms with Gasteiger partial charge in [-0.2, -0.15) is 0 Å². The smallest absolute Gasteiger partial charge is 0.223 e. The van der Waals surface area contributed by atoms with Gasteiger partial charge < -0.3 is 10.6 Å². The zero-order chi connectivity index (χ0) is 19.3. The number of aliphatic imine (C=N–C) groups is 2. The second-order valence-electron chi connectivity index (χ2n) is 8.48. The van der Waals surface area contributed by atoms with Gasteiger partial charge in [-0.1, -0.05) is 37.5 Å². The molecule has 150 valence electrons. The van der Waals surface area contributed by atoms with Crippen molar-refractivity contribution >= 4 is 34.8 Å². The van der Waals surface area contributed by atoms with E-state index in [0.29, 0.717) is 17.1 Å². The van der Waals surface area contributed by atoms with Crippen LogP contribution in [-0.2, 0) is 4.79 Å². The van der Waals surface area contributed by atoms with Gasteiger partial charge in [-0.3, -0.25) is 9.79 Å². The third-order valence-corrected chi connectivity index (χ3v) is 6.64. The Morgan fingerprint density at radius 2 is 1.93 bits per heavy atom. The predicted octanol–water partition coefficient (Wildman–Crippen LogP) is 3.71. The summed E-state index contributed by atoms with van der Waals surface area (Å²) in [6.07, 6.45) is 18.4. The van der Waals surface area contributed by atoms with Gasteiger partial charge in [0.25, 0.3) is 0 Å². The standard InChI is InChI=1S/C22H30N4OS/c27-21(24-17-6-2-1-3-7-17)16-12-10-15(11-13-16)14-23-20-18-8-4-5-9-19(18)25-22(28)26-20/h4-5,8-9,15-18H,1-3,6-7,10-14H2,(H,24,27)(H,23,26,28). The summed E-state index contributed by atoms with van der Waals surface area (Å²) >= 11 is 5.25. The molecule has 5 nitrogen and oxygen atoms in total. The molecule has 0 radical (unpaired) electrons. The molecule has 1 aliphatic heterocycles. The number of thiocarbonyl (C=S) groups is 1. The Hall–Kier alpha value is -1.82. The molecule has 4 aliphatic rings. The van der Waals surface area contributed by atoms with E-state index in [9.17, 15) is 4.79 Å². The highest BCUT2D eigenvalue weighted by atomic mass is 32.1. The van der Waals surface area contributed by atoms with E-state index in [4.69, 9.17) is 17.2 Å². The molecule has 4 rings (SSSR count). The summed E-state index contributed by atoms with van der Waals surface area (Å²) in [6.45, 7) is 0.795. The highest BCUT2D eigenvalue weighted by Gasteiger charge is 2.29. The Balaban J connectivity index is 1.26. The Labute approximate surface area is 172 Å². The van der Waals surface area contributed by atoms with E-state index in [0.717, 1.165) is 56.6 Å². The van der Waals surface area contributed by atoms with Crippen LogP contribution in [0.15, 0.2) is 34.3 Å². The van der Waals surface area contributed by atoms with Crippen LogP contribution < -0.4 is 10.6 Å². The maximum Gasteiger partial charge on any atom is 0.223 e. The van der Waals surface area contributed by atoms with Crippen molar-refractivity contribution in [3.05, 3.63) is 24.3 Å². The minimum Gasteiger partial charge on any atom is -0.353 e. The predicted molar refractivity (Wildman–Crippen MR) is 118 cm³/mol. The third kappa shape index (κ3) is 4.77. The normalized spacial score (nSPS) is 31.9. The molecular formula is C22H30N4OS. The number of allylic oxidation sites excluding steroid dienone is 3. The third-order valence-electron chi connectivity index (χ3n) is 6.45. The zero-order valence-electron chi connectivity index (χ0n) is 16.4. The molecule has 1 heterocycles. The summed E-state index contributed by atoms with van der Waals surface area (Å²) in [4.78, 5) is 21.8. The number of nitrogens with zero attached hydrogens (tertiary/aromatic N) is 2. The average Bonchev–Trinajstić information content (AvgIpc) is 2.73. The molecule has 2 fully saturated rings. The first-order valence-corrected chi connectivity index (χ1v) is 11.2. The molecule has 1 atom stereocenters. The molecule has 2 N–H and O–H groups in total. The van der Waals surface area contributed by atoms with Crippen LogP contribution in [0.25, 0.3) is 0 Å². The maximum atomic E-state index is 12.6. The van der Waals surface area contributed by atoms with Crippen LogP contribution in [0.5, 0.6) is 0 Å². The van der Waals surface area contributed by atoms with Gasteiger partial charge in [0.1, 0.15) is 5.84 Å². The number of carbonyl (C=O) groups excluding carboxylic acids is 1. The van der Waals surface area contributed by atoms with E-state index >= 15 is 0 Å². The fraction of sp³-hybridized carbons (Fsp3) is 0.636. The Kier molecular flexibility index (Phi) is 6.35. The molecule has 0 saturated heterocycles. The van der Waals surface area contributed by atoms with Crippen LogP contribution in [0.4, 0.5) is 0 Å². The van der Waals surface area contributed by atoms with Crippen molar-refractivity contribution in [2.45, 2.75) is 63.8 Å². The van der Waals surface area contributed by atoms with Crippen LogP contribution >= 0.6 is 12.2 Å². The molecule has 0 aromatic heterocycles. The number of hydrogen-bond donors (Lipinski definition) is 2. The summed E-state index contributed by atoms with van der Waals surface area (Å²) in [5.74, 6) is 2.03. The number of fused-ring (bicyclic) bond motifs is 1. The lowest BCUT2D eigenvalue weighted by Crippen LogP contribution is -2.43. The number of nitrogens with one attached hydrogen (secondary N) is 2. The lowest BCUT2D eigenvalue weighted by molar-refractivity contribution is -0.127. The van der Waals surface area contributed by atoms with E-state index in [1.165, 1.54) is 19.3 Å². The highest BCUT2D eigenvalue weighted by Crippen LogP contribution is 2.30. The van der Waals surface area contributed by atoms with E-state index in [-0.39, 0.29) is 17.7 Å². The summed E-state index contributed by atoms with van der Waals surface area (Å²) in [6, 6.07) is 0.417. The summed E-state index contributed by atoms with van der Waals surface area (Å²) < 4.78 is 0. The van der Waals surface area contributed by atoms with Crippen molar-refractivity contribution in [3.63, 3.8) is 0 Å². The summed E-state index contributed by atoms with van der Waals surface area (Å²) in [7, 11) is 0. The molecule has 1 amide bonds. The van der Waals surface area contributed by atoms with Crippen molar-refractivity contribution in [3.8, 4) is 0 Å². The summed E-state index contributed by atoms with van der Waals surface area (Å²) in [5.41, 5.74) is 0.966. The first-order chi connectivity index (χ1) is 13.7. The van der Waals surface area contributed by atoms with Crippen LogP contribution in [0.2, 0.25) is 0 Å². The van der Waals surface area contributed by atoms with Crippen LogP contribution in [0.3, 0.4) is 0 Å². The molecule has 1 unspecified atom stereocenters. The lowest BCUT2D eigenvalue weighted by Gasteiger charge is -2.30. The Morgan fingerprint density at radius 1 is 1.14 bits per heavy atom. The molecule has 0 aromatic carbocycles. The quantitative estimate of drug-likeness (QED) is 0.710. The van der Waals surface area contributed by atoms with E-state index in [1.807, 2.05) is 18.2 Å². The van der Waals surface area contributed by atoms with Gasteiger partial charge in [0, 0.05) is 18.5 Å². The Bertz CT molecular complexity index is 725. The van der Waals surface area contributed by atoms with Gasteiger partial charge in [0.05, 0.1) is 11.6 Å². The molecular weight excluding hydrogens is 368 g/mol. The fourth-order valence-corrected chi connectivity index (χ4v) is 4.95. The highest BCUT2D eigenvalue weighted by molar-refractivity contribution is 7.80. The van der Waals surface area contributed by atoms with E-state index in [2.05, 4.69) is 21.7 Å². The van der Waals surface area contributed by atoms with Crippen molar-refractivity contribution in [2.75, 3.05) is 6.54 Å². The topological polar surface area (TPSA) is 65.8 Å². The molecule has 2 saturated carbocycles. The summed E-state index contributed by atoms with van der Waals surface area (Å²) in [5, 5.41) is 6.97. The second-order valence-corrected chi connectivity index (χ2v) is 8.86. The minimum absolute atomic E-state index is 0.0920. The molecule has 0 spiro atoms. The molecule has 3 aliphatic carbocycles. The van der Waals surface area contributed by atoms with Gasteiger partial charge in [0.2, 0.25) is 5.91 Å². The average molecular weight is 399 g/mol. The van der Waals surface area contributed by atoms with Gasteiger partial charge >= 0.3 is 0 Å². The van der Waals surface area contributed by atoms with Crippen LogP contribution in [-0.4, -0.2) is 35.2 Å². The number of rotatable bonds is 4. The number of carbonyl (C=O) groups is 1. The number of hydrogen-bond acceptors (Lipinski definition) is 3. The van der Waals surface area contributed by atoms with Crippen molar-refractivity contribution in [1.82, 2.24) is 10.6 Å². The minimum atomic E-state index is 0.0920. The Morgan fingerprint density at radius 3 is 2.71 bits per heavy atom. The second kappa shape index (κ2) is 9.12. The van der Waals surface area contributed by atoms with Gasteiger partial charge in [0.15, 0.2) is 5.11 Å². The van der Waals surface area contributed by atoms with E-state index in [1.54, 1.807) is 0 Å². The van der Waals surface area contributed by atoms with Crippen molar-refractivity contribution in [1.29, 1.82) is 0 Å². The van der Waals surface area contributed by atoms with Crippen molar-refractivity contribution in [2.24, 2.45) is 27.7 Å². The molecule has 6 heteroatoms. The first kappa shape index (κ1) is 19.5. The SMILES string of the molecule is O=C(NC1CCCCC1)C1CCC(CN=C2NC(=S)N=C3C=CC=CC32)CC1. The molecule has 0 aromatic rings. The van der Waals surface area contributed by atoms with Crippen LogP contribution in [0, 0.1) is 17.8 Å². The molecule has 28 heavy (non-hydrogen) atoms. The zero-order valence-corrected chi connectivity index (χ0v) is 17.2. The molecule has 0 bridgehead atoms. The largest absolute Gasteiger partial charge is 0.353 e. The first-order valence-electron chi connectivity index (χ1n) is 10.8. The van der Waals surface area contributed by atoms with Gasteiger partial charge in [-0.15, -0.1) is 0 Å². The fourth-order valence-electron chi connectivity index (χ4n) is 4.74. The maximum absolute atomic E-state index is 12.6. The van der Waals surface area contributed by atoms with Crippen molar-refractivity contribution < 1.29 is 4.79 Å². The monoisotopic (exact) mass is 398 g/mol. The lowest BCUT2D eigenvalue weighted by atomic mass is 9.81.